The Balaban J connectivity index is 1.33. The average molecular weight is 465 g/mol. The third-order valence-electron chi connectivity index (χ3n) is 4.52. The maximum Gasteiger partial charge on any atom is 0.410 e. The number of amides is 3. The number of thioether (sulfide) groups is 1. The molecule has 31 heavy (non-hydrogen) atoms. The summed E-state index contributed by atoms with van der Waals surface area (Å²) < 4.78 is 6.50. The molecule has 1 N–H and O–H groups in total. The summed E-state index contributed by atoms with van der Waals surface area (Å²) in [7, 11) is 0. The van der Waals surface area contributed by atoms with Crippen LogP contribution in [0.15, 0.2) is 24.3 Å². The zero-order valence-electron chi connectivity index (χ0n) is 18.1. The first-order valence-corrected chi connectivity index (χ1v) is 12.1. The molecule has 0 spiro atoms. The van der Waals surface area contributed by atoms with E-state index in [0.29, 0.717) is 31.9 Å². The van der Waals surface area contributed by atoms with Gasteiger partial charge in [-0.15, -0.1) is 23.1 Å². The summed E-state index contributed by atoms with van der Waals surface area (Å²) in [4.78, 5) is 44.4. The van der Waals surface area contributed by atoms with Gasteiger partial charge in [-0.3, -0.25) is 9.59 Å². The molecule has 168 valence electrons. The van der Waals surface area contributed by atoms with Gasteiger partial charge < -0.3 is 19.9 Å². The number of ether oxygens (including phenoxy) is 1. The molecule has 2 aromatic rings. The number of aromatic nitrogens is 1. The molecule has 1 aliphatic rings. The number of hydrogen-bond donors (Lipinski definition) is 1. The third kappa shape index (κ3) is 7.10. The summed E-state index contributed by atoms with van der Waals surface area (Å²) in [5.41, 5.74) is 0.434. The van der Waals surface area contributed by atoms with Gasteiger partial charge >= 0.3 is 6.09 Å². The quantitative estimate of drug-likeness (QED) is 0.707. The molecule has 10 heteroatoms. The summed E-state index contributed by atoms with van der Waals surface area (Å²) in [5, 5.41) is 3.67. The van der Waals surface area contributed by atoms with Crippen LogP contribution in [0.2, 0.25) is 0 Å². The molecule has 3 rings (SSSR count). The first-order chi connectivity index (χ1) is 14.7. The van der Waals surface area contributed by atoms with Gasteiger partial charge in [-0.05, 0) is 32.9 Å². The number of thiazole rings is 1. The van der Waals surface area contributed by atoms with Crippen molar-refractivity contribution in [2.45, 2.75) is 32.1 Å². The summed E-state index contributed by atoms with van der Waals surface area (Å²) in [6.07, 6.45) is -0.363. The summed E-state index contributed by atoms with van der Waals surface area (Å²) in [6, 6.07) is 7.96. The van der Waals surface area contributed by atoms with Crippen molar-refractivity contribution >= 4 is 51.2 Å². The molecule has 0 bridgehead atoms. The van der Waals surface area contributed by atoms with Crippen LogP contribution in [0.3, 0.4) is 0 Å². The van der Waals surface area contributed by atoms with Gasteiger partial charge in [-0.1, -0.05) is 12.1 Å². The second kappa shape index (κ2) is 10.3. The van der Waals surface area contributed by atoms with E-state index in [-0.39, 0.29) is 30.2 Å². The maximum atomic E-state index is 12.4. The number of rotatable bonds is 6. The number of nitrogens with one attached hydrogen (secondary N) is 1. The Morgan fingerprint density at radius 1 is 1.13 bits per heavy atom. The number of carbonyl (C=O) groups excluding carboxylic acids is 3. The Bertz CT molecular complexity index is 900. The molecule has 1 aromatic carbocycles. The monoisotopic (exact) mass is 464 g/mol. The third-order valence-corrected chi connectivity index (χ3v) is 6.68. The Labute approximate surface area is 190 Å². The molecule has 3 amide bonds. The van der Waals surface area contributed by atoms with E-state index in [2.05, 4.69) is 10.3 Å². The van der Waals surface area contributed by atoms with Crippen molar-refractivity contribution in [3.05, 3.63) is 29.3 Å². The predicted octanol–water partition coefficient (Wildman–Crippen LogP) is 2.73. The number of para-hydroxylation sites is 1. The van der Waals surface area contributed by atoms with E-state index >= 15 is 0 Å². The SMILES string of the molecule is CC(C)(C)OC(=O)N1CCN(C(=O)CNC(=O)CSCc2nc3ccccc3s2)CC1. The van der Waals surface area contributed by atoms with Crippen molar-refractivity contribution < 1.29 is 19.1 Å². The van der Waals surface area contributed by atoms with Crippen molar-refractivity contribution in [3.63, 3.8) is 0 Å². The van der Waals surface area contributed by atoms with Crippen molar-refractivity contribution in [1.82, 2.24) is 20.1 Å². The van der Waals surface area contributed by atoms with Gasteiger partial charge in [0.05, 0.1) is 22.5 Å². The van der Waals surface area contributed by atoms with Crippen LogP contribution in [0.4, 0.5) is 4.79 Å². The Morgan fingerprint density at radius 3 is 2.48 bits per heavy atom. The van der Waals surface area contributed by atoms with Crippen LogP contribution in [0.1, 0.15) is 25.8 Å². The molecule has 0 radical (unpaired) electrons. The van der Waals surface area contributed by atoms with Gasteiger partial charge in [0.2, 0.25) is 11.8 Å². The van der Waals surface area contributed by atoms with Crippen LogP contribution in [-0.4, -0.2) is 76.8 Å². The summed E-state index contributed by atoms with van der Waals surface area (Å²) in [5.74, 6) is 0.614. The van der Waals surface area contributed by atoms with E-state index in [1.807, 2.05) is 45.0 Å². The summed E-state index contributed by atoms with van der Waals surface area (Å²) >= 11 is 3.11. The standard InChI is InChI=1S/C21H28N4O4S2/c1-21(2,3)29-20(28)25-10-8-24(9-11-25)19(27)12-22-17(26)13-30-14-18-23-15-6-4-5-7-16(15)31-18/h4-7H,8-14H2,1-3H3,(H,22,26). The molecule has 0 atom stereocenters. The minimum Gasteiger partial charge on any atom is -0.444 e. The second-order valence-electron chi connectivity index (χ2n) is 8.19. The molecular formula is C21H28N4O4S2. The van der Waals surface area contributed by atoms with Crippen LogP contribution >= 0.6 is 23.1 Å². The number of nitrogens with zero attached hydrogens (tertiary/aromatic N) is 3. The summed E-state index contributed by atoms with van der Waals surface area (Å²) in [6.45, 7) is 7.15. The molecular weight excluding hydrogens is 436 g/mol. The van der Waals surface area contributed by atoms with Crippen molar-refractivity contribution in [1.29, 1.82) is 0 Å². The van der Waals surface area contributed by atoms with Gasteiger partial charge in [0, 0.05) is 31.9 Å². The van der Waals surface area contributed by atoms with Gasteiger partial charge in [0.15, 0.2) is 0 Å². The smallest absolute Gasteiger partial charge is 0.410 e. The van der Waals surface area contributed by atoms with Crippen LogP contribution in [0.25, 0.3) is 10.2 Å². The molecule has 1 aliphatic heterocycles. The Hall–Kier alpha value is -2.33. The van der Waals surface area contributed by atoms with E-state index in [1.165, 1.54) is 11.8 Å². The largest absolute Gasteiger partial charge is 0.444 e. The number of carbonyl (C=O) groups is 3. The highest BCUT2D eigenvalue weighted by Gasteiger charge is 2.27. The van der Waals surface area contributed by atoms with E-state index in [9.17, 15) is 14.4 Å². The first kappa shape index (κ1) is 23.3. The molecule has 1 fully saturated rings. The Morgan fingerprint density at radius 2 is 1.81 bits per heavy atom. The van der Waals surface area contributed by atoms with Gasteiger partial charge in [-0.2, -0.15) is 0 Å². The van der Waals surface area contributed by atoms with E-state index in [1.54, 1.807) is 21.1 Å². The van der Waals surface area contributed by atoms with Gasteiger partial charge in [-0.25, -0.2) is 9.78 Å². The topological polar surface area (TPSA) is 91.8 Å². The second-order valence-corrected chi connectivity index (χ2v) is 10.3. The fraction of sp³-hybridized carbons (Fsp3) is 0.524. The number of benzene rings is 1. The lowest BCUT2D eigenvalue weighted by atomic mass is 10.2. The number of fused-ring (bicyclic) bond motifs is 1. The molecule has 0 aliphatic carbocycles. The van der Waals surface area contributed by atoms with Crippen LogP contribution in [0.5, 0.6) is 0 Å². The lowest BCUT2D eigenvalue weighted by Crippen LogP contribution is -2.53. The lowest BCUT2D eigenvalue weighted by molar-refractivity contribution is -0.133. The van der Waals surface area contributed by atoms with E-state index in [4.69, 9.17) is 4.74 Å². The maximum absolute atomic E-state index is 12.4. The number of piperazine rings is 1. The molecule has 2 heterocycles. The molecule has 1 saturated heterocycles. The van der Waals surface area contributed by atoms with Crippen molar-refractivity contribution in [2.75, 3.05) is 38.5 Å². The molecule has 1 aromatic heterocycles. The first-order valence-electron chi connectivity index (χ1n) is 10.2. The molecule has 0 unspecified atom stereocenters. The molecule has 8 nitrogen and oxygen atoms in total. The predicted molar refractivity (Wildman–Crippen MR) is 123 cm³/mol. The van der Waals surface area contributed by atoms with Crippen LogP contribution in [0, 0.1) is 0 Å². The van der Waals surface area contributed by atoms with E-state index in [0.717, 1.165) is 15.2 Å². The highest BCUT2D eigenvalue weighted by Crippen LogP contribution is 2.24. The van der Waals surface area contributed by atoms with Crippen LogP contribution in [-0.2, 0) is 20.1 Å². The zero-order chi connectivity index (χ0) is 22.4. The van der Waals surface area contributed by atoms with Crippen LogP contribution < -0.4 is 5.32 Å². The van der Waals surface area contributed by atoms with Gasteiger partial charge in [0.1, 0.15) is 10.6 Å². The minimum atomic E-state index is -0.542. The normalized spacial score (nSPS) is 14.5. The van der Waals surface area contributed by atoms with Crippen molar-refractivity contribution in [2.24, 2.45) is 0 Å². The average Bonchev–Trinajstić information content (AvgIpc) is 3.13. The van der Waals surface area contributed by atoms with E-state index < -0.39 is 5.60 Å². The number of hydrogen-bond acceptors (Lipinski definition) is 7. The zero-order valence-corrected chi connectivity index (χ0v) is 19.7. The highest BCUT2D eigenvalue weighted by atomic mass is 32.2. The van der Waals surface area contributed by atoms with Crippen molar-refractivity contribution in [3.8, 4) is 0 Å². The fourth-order valence-electron chi connectivity index (χ4n) is 3.01. The van der Waals surface area contributed by atoms with Gasteiger partial charge in [0.25, 0.3) is 0 Å². The lowest BCUT2D eigenvalue weighted by Gasteiger charge is -2.35. The fourth-order valence-corrected chi connectivity index (χ4v) is 4.89. The minimum absolute atomic E-state index is 0.0348. The Kier molecular flexibility index (Phi) is 7.77. The highest BCUT2D eigenvalue weighted by molar-refractivity contribution is 7.99. The molecule has 0 saturated carbocycles.